The second kappa shape index (κ2) is 58.9. The maximum atomic E-state index is 12.9. The number of hydrogen-bond donors (Lipinski definition) is 8. The highest BCUT2D eigenvalue weighted by atomic mass is 16.5. The Morgan fingerprint density at radius 1 is 0.360 bits per heavy atom. The summed E-state index contributed by atoms with van der Waals surface area (Å²) in [5.74, 6) is 3.15. The molecule has 5 aliphatic rings. The van der Waals surface area contributed by atoms with Crippen LogP contribution in [0.5, 0.6) is 5.75 Å². The van der Waals surface area contributed by atoms with Gasteiger partial charge in [-0.15, -0.1) is 0 Å². The van der Waals surface area contributed by atoms with Gasteiger partial charge in [0.2, 0.25) is 29.5 Å². The van der Waals surface area contributed by atoms with Crippen LogP contribution in [0.1, 0.15) is 371 Å². The smallest absolute Gasteiger partial charge is 0.240 e. The highest BCUT2D eigenvalue weighted by Gasteiger charge is 2.45. The molecule has 5 amide bonds. The van der Waals surface area contributed by atoms with Crippen molar-refractivity contribution >= 4 is 81.6 Å². The molecule has 11 atom stereocenters. The lowest BCUT2D eigenvalue weighted by Gasteiger charge is -2.31. The van der Waals surface area contributed by atoms with E-state index in [9.17, 15) is 67.1 Å². The number of ether oxygens (including phenoxy) is 1. The molecule has 2 aromatic carbocycles. The average molecular weight is 1950 g/mol. The Morgan fingerprint density at radius 3 is 1.00 bits per heavy atom. The van der Waals surface area contributed by atoms with E-state index in [0.29, 0.717) is 56.7 Å². The fourth-order valence-corrected chi connectivity index (χ4v) is 15.8. The monoisotopic (exact) mass is 1950 g/mol. The number of benzene rings is 2. The molecule has 139 heavy (non-hydrogen) atoms. The van der Waals surface area contributed by atoms with Crippen molar-refractivity contribution in [1.29, 1.82) is 0 Å². The van der Waals surface area contributed by atoms with Crippen molar-refractivity contribution in [2.75, 3.05) is 32.7 Å². The van der Waals surface area contributed by atoms with E-state index in [1.54, 1.807) is 26.5 Å². The molecule has 4 heterocycles. The summed E-state index contributed by atoms with van der Waals surface area (Å²) >= 11 is 0. The van der Waals surface area contributed by atoms with E-state index >= 15 is 0 Å². The zero-order valence-corrected chi connectivity index (χ0v) is 94.3. The van der Waals surface area contributed by atoms with E-state index in [1.807, 2.05) is 304 Å². The third-order valence-corrected chi connectivity index (χ3v) is 25.0. The van der Waals surface area contributed by atoms with Crippen molar-refractivity contribution in [2.24, 2.45) is 124 Å². The first-order valence-electron chi connectivity index (χ1n) is 51.4. The molecule has 0 spiro atoms. The maximum absolute atomic E-state index is 12.9. The highest BCUT2D eigenvalue weighted by molar-refractivity contribution is 5.98. The summed E-state index contributed by atoms with van der Waals surface area (Å²) in [6.07, 6.45) is 13.2. The Labute approximate surface area is 841 Å². The molecule has 2 aromatic rings. The lowest BCUT2D eigenvalue weighted by atomic mass is 9.82. The topological polar surface area (TPSA) is 455 Å². The number of amides is 5. The fraction of sp³-hybridized carbons (Fsp3) is 0.768. The summed E-state index contributed by atoms with van der Waals surface area (Å²) in [7, 11) is 0. The van der Waals surface area contributed by atoms with Crippen molar-refractivity contribution in [1.82, 2.24) is 24.9 Å². The summed E-state index contributed by atoms with van der Waals surface area (Å²) < 4.78 is 5.81. The Bertz CT molecular complexity index is 4110. The molecule has 7 rings (SSSR count). The average Bonchev–Trinajstić information content (AvgIpc) is 1.74. The van der Waals surface area contributed by atoms with Crippen LogP contribution in [0, 0.1) is 84.2 Å². The van der Waals surface area contributed by atoms with Gasteiger partial charge < -0.3 is 69.8 Å². The number of nitrogens with zero attached hydrogens (tertiary/aromatic N) is 4. The number of nitrogens with one attached hydrogen (secondary N) is 1. The minimum absolute atomic E-state index is 0.0433. The Kier molecular flexibility index (Phi) is 56.6. The van der Waals surface area contributed by atoms with Gasteiger partial charge in [-0.05, 0) is 137 Å². The Hall–Kier alpha value is -7.66. The van der Waals surface area contributed by atoms with Gasteiger partial charge in [-0.25, -0.2) is 0 Å². The van der Waals surface area contributed by atoms with Gasteiger partial charge in [0.15, 0.2) is 46.3 Å². The molecule has 0 aromatic heterocycles. The van der Waals surface area contributed by atoms with Crippen LogP contribution < -0.4 is 50.2 Å². The number of likely N-dealkylation sites (tertiary alicyclic amines) is 4. The van der Waals surface area contributed by atoms with Gasteiger partial charge in [-0.1, -0.05) is 318 Å². The van der Waals surface area contributed by atoms with Gasteiger partial charge in [0.1, 0.15) is 18.1 Å². The van der Waals surface area contributed by atoms with Crippen LogP contribution in [0.25, 0.3) is 0 Å². The molecule has 1 saturated carbocycles. The second-order valence-electron chi connectivity index (χ2n) is 49.7. The van der Waals surface area contributed by atoms with Crippen LogP contribution in [0.3, 0.4) is 0 Å². The molecule has 1 aliphatic carbocycles. The quantitative estimate of drug-likeness (QED) is 0.0433. The molecule has 0 bridgehead atoms. The first-order valence-corrected chi connectivity index (χ1v) is 51.4. The zero-order chi connectivity index (χ0) is 109. The molecule has 11 unspecified atom stereocenters. The molecule has 27 heteroatoms. The second-order valence-corrected chi connectivity index (χ2v) is 49.7. The van der Waals surface area contributed by atoms with E-state index in [0.717, 1.165) is 94.1 Å². The summed E-state index contributed by atoms with van der Waals surface area (Å²) in [6.45, 7) is 77.9. The summed E-state index contributed by atoms with van der Waals surface area (Å²) in [5.41, 5.74) is 39.1. The Balaban J connectivity index is 0. The maximum Gasteiger partial charge on any atom is 0.240 e. The van der Waals surface area contributed by atoms with Crippen molar-refractivity contribution < 1.29 is 71.9 Å². The molecule has 5 fully saturated rings. The lowest BCUT2D eigenvalue weighted by molar-refractivity contribution is -0.142. The molecule has 798 valence electrons. The molecule has 0 radical (unpaired) electrons. The number of ketones is 9. The normalized spacial score (nSPS) is 18.6. The van der Waals surface area contributed by atoms with Gasteiger partial charge >= 0.3 is 0 Å². The van der Waals surface area contributed by atoms with Crippen molar-refractivity contribution in [3.05, 3.63) is 65.7 Å². The number of Topliss-reactive ketones (excluding diaryl/α,β-unsaturated/α-hetero) is 9. The van der Waals surface area contributed by atoms with Gasteiger partial charge in [0.05, 0.1) is 73.0 Å². The zero-order valence-electron chi connectivity index (χ0n) is 94.3. The van der Waals surface area contributed by atoms with Crippen LogP contribution in [0.2, 0.25) is 0 Å². The van der Waals surface area contributed by atoms with Gasteiger partial charge in [0.25, 0.3) is 0 Å². The standard InChI is InChI=1S/C25H32N2O3.C14H26N2O2.C14H28N2O2.C12H22N2O2.C12H21NO2.C10H21NO.C10H18O.C9H19NO.C6H13NO/c1-25(2,3)23(28)22-10-7-15-27(22)24(29)21(26)16-18-11-13-20(14-12-18)30-17-19-8-5-4-6-9-19;1-9(2)11(15)13(18)16-8-6-7-10(16)12(17)14(3,4)5;1-8(2)10(15)13(18)16-11(9(3)4)12(17)14(5,6)7;1-8(13)11(16)14-7-5-6-9(14)10(15)12(2,3)4;1-5-10(14)13-8-6-7-9(13)11(15)12(2,3)4;1-7(2)6-8(11)9(12)10(3,4)5;1-10(2,3)9(11)8-6-4-5-7-8;1-6(2)7(10)8(11)9(3,4)5;1-6(2,3)5(8)4-7/h4-6,8-9,11-14,21-22H,7,10,15-17,26H2,1-3H3;9-11H,6-8,15H2,1-5H3;8-11H,15H2,1-7H3,(H,16,18);8-9H,5-7,13H2,1-4H3;9H,5-8H2,1-4H3;7-8H,6,11H2,1-5H3;8H,4-7H2,1-3H3;6-7H,10H2,1-5H3;4,7H2,1-3H3. The lowest BCUT2D eigenvalue weighted by Crippen LogP contribution is -2.54. The van der Waals surface area contributed by atoms with Crippen LogP contribution >= 0.6 is 0 Å². The molecule has 4 aliphatic heterocycles. The first-order chi connectivity index (χ1) is 63.0. The SMILES string of the molecule is CC(C)(C)C(=O)C1CCCC1.CC(C)(C)C(=O)C1CCCN1C(=O)C(N)Cc1ccc(OCc2ccccc2)cc1.CC(C)(C)C(=O)CN.CC(C)C(N)C(=O)C(C)(C)C.CC(C)C(N)C(=O)N1CCCC1C(=O)C(C)(C)C.CC(C)C(N)C(=O)NC(C(=O)C(C)(C)C)C(C)C.CC(C)CC(N)C(=O)C(C)(C)C.CC(N)C(=O)N1CCCC1C(=O)C(C)(C)C.CCC(=O)N1CCCC1C(=O)C(C)(C)C. The van der Waals surface area contributed by atoms with Crippen molar-refractivity contribution in [3.63, 3.8) is 0 Å². The summed E-state index contributed by atoms with van der Waals surface area (Å²) in [5, 5.41) is 2.79. The summed E-state index contributed by atoms with van der Waals surface area (Å²) in [6, 6.07) is 13.3. The third-order valence-electron chi connectivity index (χ3n) is 25.0. The number of rotatable bonds is 26. The molecular formula is C112H200N12O15. The van der Waals surface area contributed by atoms with Crippen LogP contribution in [-0.2, 0) is 80.2 Å². The van der Waals surface area contributed by atoms with E-state index in [1.165, 1.54) is 12.8 Å². The van der Waals surface area contributed by atoms with Crippen LogP contribution in [0.4, 0.5) is 0 Å². The number of hydrogen-bond acceptors (Lipinski definition) is 22. The van der Waals surface area contributed by atoms with E-state index in [4.69, 9.17) is 44.9 Å². The minimum atomic E-state index is -0.658. The number of carbonyl (C=O) groups excluding carboxylic acids is 14. The number of carbonyl (C=O) groups is 14. The van der Waals surface area contributed by atoms with Crippen molar-refractivity contribution in [3.8, 4) is 5.75 Å². The fourth-order valence-electron chi connectivity index (χ4n) is 15.8. The van der Waals surface area contributed by atoms with Gasteiger partial charge in [0, 0.05) is 87.3 Å². The van der Waals surface area contributed by atoms with E-state index in [-0.39, 0.29) is 169 Å². The summed E-state index contributed by atoms with van der Waals surface area (Å²) in [4.78, 5) is 174. The molecule has 27 nitrogen and oxygen atoms in total. The van der Waals surface area contributed by atoms with Crippen molar-refractivity contribution in [2.45, 2.75) is 439 Å². The largest absolute Gasteiger partial charge is 0.489 e. The molecular weight excluding hydrogens is 1750 g/mol. The van der Waals surface area contributed by atoms with E-state index < -0.39 is 51.9 Å². The van der Waals surface area contributed by atoms with Gasteiger partial charge in [-0.3, -0.25) is 67.1 Å². The van der Waals surface area contributed by atoms with Crippen LogP contribution in [0.15, 0.2) is 54.6 Å². The highest BCUT2D eigenvalue weighted by Crippen LogP contribution is 2.35. The third kappa shape index (κ3) is 47.6. The van der Waals surface area contributed by atoms with Gasteiger partial charge in [-0.2, -0.15) is 0 Å². The predicted octanol–water partition coefficient (Wildman–Crippen LogP) is 16.9. The minimum Gasteiger partial charge on any atom is -0.489 e. The first kappa shape index (κ1) is 133. The molecule has 15 N–H and O–H groups in total. The molecule has 4 saturated heterocycles. The predicted molar refractivity (Wildman–Crippen MR) is 566 cm³/mol. The van der Waals surface area contributed by atoms with E-state index in [2.05, 4.69) is 19.2 Å². The number of nitrogens with two attached hydrogens (primary N) is 7. The van der Waals surface area contributed by atoms with Crippen LogP contribution in [-0.4, -0.2) is 200 Å². The Morgan fingerprint density at radius 2 is 0.705 bits per heavy atom.